The Hall–Kier alpha value is -1.59. The summed E-state index contributed by atoms with van der Waals surface area (Å²) in [5, 5.41) is 3.70. The Kier molecular flexibility index (Phi) is 4.83. The molecule has 0 unspecified atom stereocenters. The standard InChI is InChI=1S/C19H28N2O3/c1-19(2)17(15-8-9-23-18(15)19)20-11-13-6-5-7-14(10-13)24-12-16(22)21(3)4/h5-7,10,15,17-18,20H,8-9,11-12H2,1-4H3/t15-,17-,18-/m1/s1. The molecule has 0 radical (unpaired) electrons. The third kappa shape index (κ3) is 3.28. The fourth-order valence-corrected chi connectivity index (χ4v) is 3.99. The molecule has 3 atom stereocenters. The fraction of sp³-hybridized carbons (Fsp3) is 0.632. The highest BCUT2D eigenvalue weighted by molar-refractivity contribution is 5.77. The Morgan fingerprint density at radius 3 is 2.96 bits per heavy atom. The summed E-state index contributed by atoms with van der Waals surface area (Å²) in [6, 6.07) is 8.44. The molecule has 0 spiro atoms. The van der Waals surface area contributed by atoms with Crippen molar-refractivity contribution in [2.45, 2.75) is 39.0 Å². The van der Waals surface area contributed by atoms with Crippen LogP contribution in [0.5, 0.6) is 5.75 Å². The van der Waals surface area contributed by atoms with Gasteiger partial charge in [-0.1, -0.05) is 26.0 Å². The van der Waals surface area contributed by atoms with Gasteiger partial charge in [-0.15, -0.1) is 0 Å². The van der Waals surface area contributed by atoms with Crippen LogP contribution >= 0.6 is 0 Å². The summed E-state index contributed by atoms with van der Waals surface area (Å²) in [6.45, 7) is 6.32. The SMILES string of the molecule is CN(C)C(=O)COc1cccc(CN[C@@H]2[C@H]3CCO[C@H]3C2(C)C)c1. The average Bonchev–Trinajstić information content (AvgIpc) is 2.99. The van der Waals surface area contributed by atoms with Crippen LogP contribution < -0.4 is 10.1 Å². The molecule has 1 aromatic rings. The van der Waals surface area contributed by atoms with Crippen molar-refractivity contribution in [3.63, 3.8) is 0 Å². The molecule has 1 saturated carbocycles. The number of hydrogen-bond donors (Lipinski definition) is 1. The minimum Gasteiger partial charge on any atom is -0.484 e. The normalized spacial score (nSPS) is 27.2. The van der Waals surface area contributed by atoms with Crippen molar-refractivity contribution in [3.8, 4) is 5.75 Å². The van der Waals surface area contributed by atoms with Gasteiger partial charge in [-0.05, 0) is 24.1 Å². The second-order valence-corrected chi connectivity index (χ2v) is 7.65. The van der Waals surface area contributed by atoms with Gasteiger partial charge in [-0.25, -0.2) is 0 Å². The molecule has 1 aliphatic carbocycles. The number of nitrogens with one attached hydrogen (secondary N) is 1. The van der Waals surface area contributed by atoms with Crippen LogP contribution in [0.3, 0.4) is 0 Å². The van der Waals surface area contributed by atoms with Gasteiger partial charge < -0.3 is 19.7 Å². The lowest BCUT2D eigenvalue weighted by Gasteiger charge is -2.55. The van der Waals surface area contributed by atoms with E-state index in [0.29, 0.717) is 18.1 Å². The van der Waals surface area contributed by atoms with Crippen LogP contribution in [0, 0.1) is 11.3 Å². The maximum atomic E-state index is 11.6. The van der Waals surface area contributed by atoms with Gasteiger partial charge in [0.15, 0.2) is 6.61 Å². The minimum atomic E-state index is -0.0398. The van der Waals surface area contributed by atoms with E-state index in [1.54, 1.807) is 14.1 Å². The van der Waals surface area contributed by atoms with E-state index in [4.69, 9.17) is 9.47 Å². The Morgan fingerprint density at radius 1 is 1.42 bits per heavy atom. The lowest BCUT2D eigenvalue weighted by atomic mass is 9.57. The van der Waals surface area contributed by atoms with E-state index in [-0.39, 0.29) is 17.9 Å². The lowest BCUT2D eigenvalue weighted by molar-refractivity contribution is -0.130. The largest absolute Gasteiger partial charge is 0.484 e. The molecular formula is C19H28N2O3. The van der Waals surface area contributed by atoms with E-state index in [1.807, 2.05) is 18.2 Å². The minimum absolute atomic E-state index is 0.0398. The predicted octanol–water partition coefficient (Wildman–Crippen LogP) is 2.06. The maximum absolute atomic E-state index is 11.6. The van der Waals surface area contributed by atoms with Crippen LogP contribution in [0.15, 0.2) is 24.3 Å². The molecule has 2 aliphatic rings. The van der Waals surface area contributed by atoms with Crippen LogP contribution in [0.2, 0.25) is 0 Å². The van der Waals surface area contributed by atoms with E-state index >= 15 is 0 Å². The van der Waals surface area contributed by atoms with Gasteiger partial charge >= 0.3 is 0 Å². The number of likely N-dealkylation sites (N-methyl/N-ethyl adjacent to an activating group) is 1. The van der Waals surface area contributed by atoms with E-state index in [9.17, 15) is 4.79 Å². The number of ether oxygens (including phenoxy) is 2. The average molecular weight is 332 g/mol. The number of benzene rings is 1. The summed E-state index contributed by atoms with van der Waals surface area (Å²) >= 11 is 0. The van der Waals surface area contributed by atoms with Crippen molar-refractivity contribution >= 4 is 5.91 Å². The molecule has 24 heavy (non-hydrogen) atoms. The van der Waals surface area contributed by atoms with Crippen LogP contribution in [0.1, 0.15) is 25.8 Å². The zero-order valence-electron chi connectivity index (χ0n) is 15.0. The number of hydrogen-bond acceptors (Lipinski definition) is 4. The van der Waals surface area contributed by atoms with Crippen molar-refractivity contribution < 1.29 is 14.3 Å². The monoisotopic (exact) mass is 332 g/mol. The number of rotatable bonds is 6. The lowest BCUT2D eigenvalue weighted by Crippen LogP contribution is -2.65. The summed E-state index contributed by atoms with van der Waals surface area (Å²) in [6.07, 6.45) is 1.56. The first-order valence-electron chi connectivity index (χ1n) is 8.66. The number of fused-ring (bicyclic) bond motifs is 1. The number of amides is 1. The zero-order valence-corrected chi connectivity index (χ0v) is 15.0. The number of carbonyl (C=O) groups is 1. The fourth-order valence-electron chi connectivity index (χ4n) is 3.99. The van der Waals surface area contributed by atoms with Gasteiger partial charge in [0.05, 0.1) is 6.10 Å². The van der Waals surface area contributed by atoms with Crippen LogP contribution in [-0.4, -0.2) is 50.3 Å². The van der Waals surface area contributed by atoms with E-state index in [2.05, 4.69) is 25.2 Å². The molecule has 1 heterocycles. The van der Waals surface area contributed by atoms with E-state index in [0.717, 1.165) is 25.3 Å². The van der Waals surface area contributed by atoms with Gasteiger partial charge in [-0.2, -0.15) is 0 Å². The van der Waals surface area contributed by atoms with Crippen molar-refractivity contribution in [1.29, 1.82) is 0 Å². The molecule has 0 aromatic heterocycles. The van der Waals surface area contributed by atoms with E-state index in [1.165, 1.54) is 10.5 Å². The first kappa shape index (κ1) is 17.2. The van der Waals surface area contributed by atoms with Crippen LogP contribution in [-0.2, 0) is 16.1 Å². The molecule has 5 nitrogen and oxygen atoms in total. The molecule has 1 N–H and O–H groups in total. The third-order valence-electron chi connectivity index (χ3n) is 5.39. The van der Waals surface area contributed by atoms with Gasteiger partial charge in [0.25, 0.3) is 5.91 Å². The van der Waals surface area contributed by atoms with Gasteiger partial charge in [0.2, 0.25) is 0 Å². The highest BCUT2D eigenvalue weighted by Gasteiger charge is 2.58. The van der Waals surface area contributed by atoms with E-state index < -0.39 is 0 Å². The molecule has 1 saturated heterocycles. The van der Waals surface area contributed by atoms with Gasteiger partial charge in [0.1, 0.15) is 5.75 Å². The predicted molar refractivity (Wildman–Crippen MR) is 92.9 cm³/mol. The summed E-state index contributed by atoms with van der Waals surface area (Å²) < 4.78 is 11.4. The molecule has 2 fully saturated rings. The first-order chi connectivity index (χ1) is 11.4. The van der Waals surface area contributed by atoms with Crippen LogP contribution in [0.25, 0.3) is 0 Å². The summed E-state index contributed by atoms with van der Waals surface area (Å²) in [4.78, 5) is 13.1. The molecular weight excluding hydrogens is 304 g/mol. The maximum Gasteiger partial charge on any atom is 0.259 e. The first-order valence-corrected chi connectivity index (χ1v) is 8.66. The Balaban J connectivity index is 1.54. The van der Waals surface area contributed by atoms with Gasteiger partial charge in [0, 0.05) is 44.6 Å². The van der Waals surface area contributed by atoms with Gasteiger partial charge in [-0.3, -0.25) is 4.79 Å². The molecule has 132 valence electrons. The number of carbonyl (C=O) groups excluding carboxylic acids is 1. The smallest absolute Gasteiger partial charge is 0.259 e. The second-order valence-electron chi connectivity index (χ2n) is 7.65. The molecule has 0 bridgehead atoms. The Bertz CT molecular complexity index is 600. The van der Waals surface area contributed by atoms with Crippen molar-refractivity contribution in [2.75, 3.05) is 27.3 Å². The van der Waals surface area contributed by atoms with Crippen molar-refractivity contribution in [1.82, 2.24) is 10.2 Å². The number of nitrogens with zero attached hydrogens (tertiary/aromatic N) is 1. The molecule has 1 amide bonds. The summed E-state index contributed by atoms with van der Waals surface area (Å²) in [5.41, 5.74) is 1.36. The second kappa shape index (κ2) is 6.73. The molecule has 3 rings (SSSR count). The Morgan fingerprint density at radius 2 is 2.21 bits per heavy atom. The highest BCUT2D eigenvalue weighted by atomic mass is 16.5. The van der Waals surface area contributed by atoms with Crippen molar-refractivity contribution in [3.05, 3.63) is 29.8 Å². The van der Waals surface area contributed by atoms with Crippen LogP contribution in [0.4, 0.5) is 0 Å². The quantitative estimate of drug-likeness (QED) is 0.866. The Labute approximate surface area is 144 Å². The highest BCUT2D eigenvalue weighted by Crippen LogP contribution is 2.52. The summed E-state index contributed by atoms with van der Waals surface area (Å²) in [5.74, 6) is 1.33. The zero-order chi connectivity index (χ0) is 17.3. The molecule has 1 aromatic carbocycles. The van der Waals surface area contributed by atoms with Crippen molar-refractivity contribution in [2.24, 2.45) is 11.3 Å². The molecule has 5 heteroatoms. The molecule has 1 aliphatic heterocycles. The topological polar surface area (TPSA) is 50.8 Å². The summed E-state index contributed by atoms with van der Waals surface area (Å²) in [7, 11) is 3.46. The third-order valence-corrected chi connectivity index (χ3v) is 5.39.